The third-order valence-corrected chi connectivity index (χ3v) is 4.17. The fourth-order valence-corrected chi connectivity index (χ4v) is 2.76. The number of piperidine rings is 1. The second kappa shape index (κ2) is 7.46. The summed E-state index contributed by atoms with van der Waals surface area (Å²) < 4.78 is 0. The number of rotatable bonds is 4. The van der Waals surface area contributed by atoms with Gasteiger partial charge in [0.05, 0.1) is 0 Å². The van der Waals surface area contributed by atoms with Crippen LogP contribution < -0.4 is 5.32 Å². The van der Waals surface area contributed by atoms with Gasteiger partial charge >= 0.3 is 0 Å². The van der Waals surface area contributed by atoms with Crippen molar-refractivity contribution in [3.63, 3.8) is 0 Å². The molecule has 1 aromatic rings. The number of likely N-dealkylation sites (tertiary alicyclic amines) is 1. The van der Waals surface area contributed by atoms with Crippen molar-refractivity contribution in [3.05, 3.63) is 35.4 Å². The molecule has 0 aromatic heterocycles. The standard InChI is InChI=1S/C16H21ClN2O2/c1-2-18-15(20)13-7-9-19(10-8-13)16(21)14-5-3-12(11-17)4-6-14/h3-6,13H,2,7-11H2,1H3,(H,18,20). The lowest BCUT2D eigenvalue weighted by atomic mass is 9.95. The normalized spacial score (nSPS) is 15.8. The Morgan fingerprint density at radius 1 is 1.24 bits per heavy atom. The minimum atomic E-state index is 0.0328. The number of nitrogens with one attached hydrogen (secondary N) is 1. The second-order valence-electron chi connectivity index (χ2n) is 5.29. The zero-order valence-electron chi connectivity index (χ0n) is 12.3. The summed E-state index contributed by atoms with van der Waals surface area (Å²) in [6, 6.07) is 7.38. The SMILES string of the molecule is CCNC(=O)C1CCN(C(=O)c2ccc(CCl)cc2)CC1. The topological polar surface area (TPSA) is 49.4 Å². The summed E-state index contributed by atoms with van der Waals surface area (Å²) in [5, 5.41) is 2.85. The van der Waals surface area contributed by atoms with E-state index in [2.05, 4.69) is 5.32 Å². The number of amides is 2. The predicted molar refractivity (Wildman–Crippen MR) is 83.3 cm³/mol. The Bertz CT molecular complexity index is 494. The van der Waals surface area contributed by atoms with Crippen molar-refractivity contribution in [2.75, 3.05) is 19.6 Å². The Morgan fingerprint density at radius 2 is 1.86 bits per heavy atom. The van der Waals surface area contributed by atoms with Crippen molar-refractivity contribution in [3.8, 4) is 0 Å². The number of alkyl halides is 1. The highest BCUT2D eigenvalue weighted by molar-refractivity contribution is 6.17. The summed E-state index contributed by atoms with van der Waals surface area (Å²) in [6.45, 7) is 3.85. The molecule has 0 unspecified atom stereocenters. The maximum atomic E-state index is 12.4. The fourth-order valence-electron chi connectivity index (χ4n) is 2.58. The third-order valence-electron chi connectivity index (χ3n) is 3.86. The van der Waals surface area contributed by atoms with Crippen LogP contribution in [0, 0.1) is 5.92 Å². The molecule has 2 amide bonds. The van der Waals surface area contributed by atoms with Crippen LogP contribution >= 0.6 is 11.6 Å². The Labute approximate surface area is 130 Å². The molecule has 1 fully saturated rings. The van der Waals surface area contributed by atoms with Crippen molar-refractivity contribution in [2.24, 2.45) is 5.92 Å². The van der Waals surface area contributed by atoms with Gasteiger partial charge in [-0.3, -0.25) is 9.59 Å². The molecule has 0 bridgehead atoms. The number of carbonyl (C=O) groups excluding carboxylic acids is 2. The minimum Gasteiger partial charge on any atom is -0.356 e. The lowest BCUT2D eigenvalue weighted by Crippen LogP contribution is -2.43. The van der Waals surface area contributed by atoms with Crippen LogP contribution in [0.25, 0.3) is 0 Å². The number of hydrogen-bond acceptors (Lipinski definition) is 2. The van der Waals surface area contributed by atoms with E-state index in [0.717, 1.165) is 18.4 Å². The van der Waals surface area contributed by atoms with E-state index < -0.39 is 0 Å². The lowest BCUT2D eigenvalue weighted by molar-refractivity contribution is -0.126. The Balaban J connectivity index is 1.92. The van der Waals surface area contributed by atoms with Gasteiger partial charge in [0.15, 0.2) is 0 Å². The fraction of sp³-hybridized carbons (Fsp3) is 0.500. The highest BCUT2D eigenvalue weighted by atomic mass is 35.5. The minimum absolute atomic E-state index is 0.0328. The van der Waals surface area contributed by atoms with Crippen molar-refractivity contribution < 1.29 is 9.59 Å². The van der Waals surface area contributed by atoms with E-state index in [1.165, 1.54) is 0 Å². The van der Waals surface area contributed by atoms with Crippen molar-refractivity contribution in [1.82, 2.24) is 10.2 Å². The number of hydrogen-bond donors (Lipinski definition) is 1. The highest BCUT2D eigenvalue weighted by Gasteiger charge is 2.27. The second-order valence-corrected chi connectivity index (χ2v) is 5.56. The van der Waals surface area contributed by atoms with Gasteiger partial charge in [-0.25, -0.2) is 0 Å². The molecule has 0 atom stereocenters. The molecule has 1 heterocycles. The number of benzene rings is 1. The van der Waals surface area contributed by atoms with Crippen molar-refractivity contribution in [2.45, 2.75) is 25.6 Å². The largest absolute Gasteiger partial charge is 0.356 e. The molecule has 21 heavy (non-hydrogen) atoms. The van der Waals surface area contributed by atoms with E-state index in [-0.39, 0.29) is 17.7 Å². The van der Waals surface area contributed by atoms with Gasteiger partial charge in [0.1, 0.15) is 0 Å². The highest BCUT2D eigenvalue weighted by Crippen LogP contribution is 2.19. The van der Waals surface area contributed by atoms with Crippen molar-refractivity contribution >= 4 is 23.4 Å². The summed E-state index contributed by atoms with van der Waals surface area (Å²) in [7, 11) is 0. The van der Waals surface area contributed by atoms with Crippen LogP contribution in [-0.2, 0) is 10.7 Å². The zero-order chi connectivity index (χ0) is 15.2. The quantitative estimate of drug-likeness (QED) is 0.868. The molecule has 0 radical (unpaired) electrons. The average Bonchev–Trinajstić information content (AvgIpc) is 2.54. The summed E-state index contributed by atoms with van der Waals surface area (Å²) in [5.74, 6) is 0.626. The molecule has 0 spiro atoms. The Hall–Kier alpha value is -1.55. The van der Waals surface area contributed by atoms with E-state index in [1.54, 1.807) is 0 Å². The first-order chi connectivity index (χ1) is 10.2. The van der Waals surface area contributed by atoms with Gasteiger partial charge < -0.3 is 10.2 Å². The molecule has 1 aliphatic heterocycles. The maximum absolute atomic E-state index is 12.4. The smallest absolute Gasteiger partial charge is 0.253 e. The van der Waals surface area contributed by atoms with Crippen LogP contribution in [0.2, 0.25) is 0 Å². The molecule has 5 heteroatoms. The lowest BCUT2D eigenvalue weighted by Gasteiger charge is -2.31. The maximum Gasteiger partial charge on any atom is 0.253 e. The molecule has 1 saturated heterocycles. The first kappa shape index (κ1) is 15.8. The van der Waals surface area contributed by atoms with E-state index in [1.807, 2.05) is 36.1 Å². The van der Waals surface area contributed by atoms with Gasteiger partial charge in [0.2, 0.25) is 5.91 Å². The van der Waals surface area contributed by atoms with E-state index in [4.69, 9.17) is 11.6 Å². The number of halogens is 1. The van der Waals surface area contributed by atoms with Gasteiger partial charge in [-0.2, -0.15) is 0 Å². The molecule has 1 aliphatic rings. The predicted octanol–water partition coefficient (Wildman–Crippen LogP) is 2.41. The van der Waals surface area contributed by atoms with E-state index in [9.17, 15) is 9.59 Å². The van der Waals surface area contributed by atoms with Gasteiger partial charge in [0.25, 0.3) is 5.91 Å². The van der Waals surface area contributed by atoms with E-state index >= 15 is 0 Å². The van der Waals surface area contributed by atoms with Gasteiger partial charge in [-0.1, -0.05) is 12.1 Å². The van der Waals surface area contributed by atoms with Gasteiger partial charge in [-0.15, -0.1) is 11.6 Å². The van der Waals surface area contributed by atoms with Crippen LogP contribution in [-0.4, -0.2) is 36.3 Å². The van der Waals surface area contributed by atoms with E-state index in [0.29, 0.717) is 31.1 Å². The molecule has 0 aliphatic carbocycles. The molecule has 2 rings (SSSR count). The number of nitrogens with zero attached hydrogens (tertiary/aromatic N) is 1. The Kier molecular flexibility index (Phi) is 5.62. The molecule has 114 valence electrons. The van der Waals surface area contributed by atoms with Crippen LogP contribution in [0.5, 0.6) is 0 Å². The first-order valence-corrected chi connectivity index (χ1v) is 7.91. The van der Waals surface area contributed by atoms with Gasteiger partial charge in [0, 0.05) is 37.0 Å². The third kappa shape index (κ3) is 3.97. The molecule has 4 nitrogen and oxygen atoms in total. The number of carbonyl (C=O) groups is 2. The summed E-state index contributed by atoms with van der Waals surface area (Å²) in [6.07, 6.45) is 1.47. The van der Waals surface area contributed by atoms with Crippen LogP contribution in [0.4, 0.5) is 0 Å². The van der Waals surface area contributed by atoms with Gasteiger partial charge in [-0.05, 0) is 37.5 Å². The molecule has 1 aromatic carbocycles. The molecule has 0 saturated carbocycles. The Morgan fingerprint density at radius 3 is 2.38 bits per heavy atom. The van der Waals surface area contributed by atoms with Crippen molar-refractivity contribution in [1.29, 1.82) is 0 Å². The van der Waals surface area contributed by atoms with Crippen LogP contribution in [0.3, 0.4) is 0 Å². The average molecular weight is 309 g/mol. The van der Waals surface area contributed by atoms with Crippen LogP contribution in [0.15, 0.2) is 24.3 Å². The molecular formula is C16H21ClN2O2. The molecule has 1 N–H and O–H groups in total. The zero-order valence-corrected chi connectivity index (χ0v) is 13.0. The first-order valence-electron chi connectivity index (χ1n) is 7.37. The molecular weight excluding hydrogens is 288 g/mol. The summed E-state index contributed by atoms with van der Waals surface area (Å²) in [4.78, 5) is 26.0. The monoisotopic (exact) mass is 308 g/mol. The summed E-state index contributed by atoms with van der Waals surface area (Å²) >= 11 is 5.75. The van der Waals surface area contributed by atoms with Crippen LogP contribution in [0.1, 0.15) is 35.7 Å². The summed E-state index contributed by atoms with van der Waals surface area (Å²) in [5.41, 5.74) is 1.68.